The minimum absolute atomic E-state index is 0.130. The second kappa shape index (κ2) is 10.6. The smallest absolute Gasteiger partial charge is 0.346 e. The van der Waals surface area contributed by atoms with Crippen LogP contribution in [0.3, 0.4) is 0 Å². The quantitative estimate of drug-likeness (QED) is 0.233. The van der Waals surface area contributed by atoms with E-state index in [1.165, 1.54) is 14.2 Å². The fourth-order valence-electron chi connectivity index (χ4n) is 4.01. The third-order valence-electron chi connectivity index (χ3n) is 5.89. The number of thioether (sulfide) groups is 2. The van der Waals surface area contributed by atoms with Crippen LogP contribution in [0.25, 0.3) is 5.57 Å². The van der Waals surface area contributed by atoms with Gasteiger partial charge in [0.05, 0.1) is 41.7 Å². The Balaban J connectivity index is 1.93. The Kier molecular flexibility index (Phi) is 7.89. The van der Waals surface area contributed by atoms with E-state index in [1.54, 1.807) is 36.3 Å². The molecule has 2 aromatic carbocycles. The standard InChI is InChI=1S/C26H22BrNO6S3/c1-26(2)21(35)18(25-36-19(23(30)33-4)20(37-25)24(31)34-5)16-11-10-15(32-3)12-17(16)28(26)22(29)13-6-8-14(27)9-7-13/h6-12H,1-5H3. The van der Waals surface area contributed by atoms with E-state index in [0.29, 0.717) is 37.2 Å². The predicted octanol–water partition coefficient (Wildman–Crippen LogP) is 5.97. The highest BCUT2D eigenvalue weighted by Crippen LogP contribution is 2.56. The largest absolute Gasteiger partial charge is 0.497 e. The van der Waals surface area contributed by atoms with Crippen molar-refractivity contribution in [2.45, 2.75) is 19.4 Å². The van der Waals surface area contributed by atoms with E-state index < -0.39 is 17.5 Å². The van der Waals surface area contributed by atoms with E-state index in [2.05, 4.69) is 15.9 Å². The van der Waals surface area contributed by atoms with Crippen molar-refractivity contribution in [1.29, 1.82) is 0 Å². The van der Waals surface area contributed by atoms with Gasteiger partial charge in [-0.1, -0.05) is 51.7 Å². The van der Waals surface area contributed by atoms with Crippen LogP contribution < -0.4 is 9.64 Å². The summed E-state index contributed by atoms with van der Waals surface area (Å²) in [5.41, 5.74) is 1.49. The van der Waals surface area contributed by atoms with Crippen LogP contribution in [0.5, 0.6) is 5.75 Å². The minimum atomic E-state index is -0.943. The number of esters is 2. The van der Waals surface area contributed by atoms with Gasteiger partial charge in [-0.05, 0) is 50.2 Å². The van der Waals surface area contributed by atoms with Crippen molar-refractivity contribution in [2.24, 2.45) is 0 Å². The van der Waals surface area contributed by atoms with E-state index in [-0.39, 0.29) is 15.7 Å². The molecule has 0 unspecified atom stereocenters. The molecule has 2 heterocycles. The SMILES string of the molecule is COC(=O)C1=C(C(=O)OC)SC(=C2C(=S)C(C)(C)N(C(=O)c3ccc(Br)cc3)c3cc(OC)ccc32)S1. The highest BCUT2D eigenvalue weighted by molar-refractivity contribution is 9.10. The molecule has 2 aliphatic heterocycles. The zero-order valence-electron chi connectivity index (χ0n) is 20.5. The number of thiocarbonyl (C=S) groups is 1. The third kappa shape index (κ3) is 4.85. The van der Waals surface area contributed by atoms with E-state index in [1.807, 2.05) is 32.0 Å². The Morgan fingerprint density at radius 2 is 1.49 bits per heavy atom. The number of carbonyl (C=O) groups excluding carboxylic acids is 3. The van der Waals surface area contributed by atoms with Gasteiger partial charge >= 0.3 is 11.9 Å². The molecule has 0 saturated carbocycles. The first-order valence-corrected chi connectivity index (χ1v) is 13.7. The zero-order chi connectivity index (χ0) is 27.1. The first-order chi connectivity index (χ1) is 17.5. The summed E-state index contributed by atoms with van der Waals surface area (Å²) in [6, 6.07) is 12.5. The molecular weight excluding hydrogens is 598 g/mol. The number of nitrogens with zero attached hydrogens (tertiary/aromatic N) is 1. The summed E-state index contributed by atoms with van der Waals surface area (Å²) < 4.78 is 16.8. The molecule has 0 radical (unpaired) electrons. The summed E-state index contributed by atoms with van der Waals surface area (Å²) in [5.74, 6) is -0.947. The molecule has 0 N–H and O–H groups in total. The Morgan fingerprint density at radius 3 is 2.00 bits per heavy atom. The molecule has 0 spiro atoms. The normalized spacial score (nSPS) is 16.5. The summed E-state index contributed by atoms with van der Waals surface area (Å²) in [6.07, 6.45) is 0. The van der Waals surface area contributed by atoms with Crippen LogP contribution in [-0.4, -0.2) is 49.6 Å². The van der Waals surface area contributed by atoms with Crippen LogP contribution in [0.2, 0.25) is 0 Å². The van der Waals surface area contributed by atoms with Crippen molar-refractivity contribution >= 4 is 85.6 Å². The highest BCUT2D eigenvalue weighted by atomic mass is 79.9. The van der Waals surface area contributed by atoms with Gasteiger partial charge in [-0.25, -0.2) is 9.59 Å². The summed E-state index contributed by atoms with van der Waals surface area (Å²) in [4.78, 5) is 41.3. The molecule has 7 nitrogen and oxygen atoms in total. The van der Waals surface area contributed by atoms with Crippen LogP contribution >= 0.6 is 51.7 Å². The maximum atomic E-state index is 13.9. The average Bonchev–Trinajstić information content (AvgIpc) is 3.33. The number of methoxy groups -OCH3 is 3. The summed E-state index contributed by atoms with van der Waals surface area (Å²) in [5, 5.41) is 0. The minimum Gasteiger partial charge on any atom is -0.497 e. The van der Waals surface area contributed by atoms with Gasteiger partial charge in [0.25, 0.3) is 5.91 Å². The lowest BCUT2D eigenvalue weighted by atomic mass is 9.82. The van der Waals surface area contributed by atoms with Crippen molar-refractivity contribution in [3.8, 4) is 5.75 Å². The molecule has 11 heteroatoms. The molecule has 0 atom stereocenters. The highest BCUT2D eigenvalue weighted by Gasteiger charge is 2.46. The number of benzene rings is 2. The fraction of sp³-hybridized carbons (Fsp3) is 0.231. The van der Waals surface area contributed by atoms with Gasteiger partial charge in [0.15, 0.2) is 0 Å². The van der Waals surface area contributed by atoms with Crippen LogP contribution in [0.15, 0.2) is 61.0 Å². The van der Waals surface area contributed by atoms with E-state index in [0.717, 1.165) is 28.0 Å². The Bertz CT molecular complexity index is 1370. The topological polar surface area (TPSA) is 82.1 Å². The van der Waals surface area contributed by atoms with Gasteiger partial charge in [0, 0.05) is 27.2 Å². The van der Waals surface area contributed by atoms with Crippen LogP contribution in [0.1, 0.15) is 29.8 Å². The van der Waals surface area contributed by atoms with Crippen LogP contribution in [0.4, 0.5) is 5.69 Å². The van der Waals surface area contributed by atoms with Gasteiger partial charge in [-0.2, -0.15) is 0 Å². The van der Waals surface area contributed by atoms with Gasteiger partial charge in [0.2, 0.25) is 0 Å². The fourth-order valence-corrected chi connectivity index (χ4v) is 7.31. The molecule has 2 aliphatic rings. The number of hydrogen-bond acceptors (Lipinski definition) is 9. The number of carbonyl (C=O) groups is 3. The van der Waals surface area contributed by atoms with Gasteiger partial charge in [0.1, 0.15) is 15.6 Å². The number of amides is 1. The van der Waals surface area contributed by atoms with Gasteiger partial charge in [-0.3, -0.25) is 9.69 Å². The monoisotopic (exact) mass is 619 g/mol. The van der Waals surface area contributed by atoms with Crippen LogP contribution in [0, 0.1) is 0 Å². The molecule has 0 fully saturated rings. The number of hydrogen-bond donors (Lipinski definition) is 0. The molecule has 0 bridgehead atoms. The molecule has 2 aromatic rings. The van der Waals surface area contributed by atoms with Crippen molar-refractivity contribution in [3.05, 3.63) is 72.1 Å². The summed E-state index contributed by atoms with van der Waals surface area (Å²) >= 11 is 11.6. The number of anilines is 1. The molecular formula is C26H22BrNO6S3. The molecule has 0 aromatic heterocycles. The molecule has 1 amide bonds. The lowest BCUT2D eigenvalue weighted by molar-refractivity contribution is -0.138. The van der Waals surface area contributed by atoms with E-state index in [9.17, 15) is 14.4 Å². The average molecular weight is 621 g/mol. The third-order valence-corrected chi connectivity index (χ3v) is 9.68. The number of ether oxygens (including phenoxy) is 3. The zero-order valence-corrected chi connectivity index (χ0v) is 24.6. The summed E-state index contributed by atoms with van der Waals surface area (Å²) in [7, 11) is 4.06. The number of rotatable bonds is 4. The molecule has 37 heavy (non-hydrogen) atoms. The van der Waals surface area contributed by atoms with Gasteiger partial charge in [-0.15, -0.1) is 0 Å². The van der Waals surface area contributed by atoms with Crippen molar-refractivity contribution in [1.82, 2.24) is 0 Å². The first kappa shape index (κ1) is 27.4. The predicted molar refractivity (Wildman–Crippen MR) is 154 cm³/mol. The Hall–Kier alpha value is -2.60. The lowest BCUT2D eigenvalue weighted by Crippen LogP contribution is -2.56. The lowest BCUT2D eigenvalue weighted by Gasteiger charge is -2.45. The van der Waals surface area contributed by atoms with Crippen molar-refractivity contribution in [3.63, 3.8) is 0 Å². The van der Waals surface area contributed by atoms with Gasteiger partial charge < -0.3 is 14.2 Å². The Labute approximate surface area is 236 Å². The molecule has 192 valence electrons. The molecule has 0 aliphatic carbocycles. The van der Waals surface area contributed by atoms with Crippen molar-refractivity contribution < 1.29 is 28.6 Å². The Morgan fingerprint density at radius 1 is 0.919 bits per heavy atom. The molecule has 4 rings (SSSR count). The molecule has 0 saturated heterocycles. The van der Waals surface area contributed by atoms with E-state index >= 15 is 0 Å². The maximum Gasteiger partial charge on any atom is 0.346 e. The first-order valence-electron chi connectivity index (χ1n) is 10.9. The maximum absolute atomic E-state index is 13.9. The van der Waals surface area contributed by atoms with Crippen molar-refractivity contribution in [2.75, 3.05) is 26.2 Å². The van der Waals surface area contributed by atoms with Crippen LogP contribution in [-0.2, 0) is 19.1 Å². The second-order valence-electron chi connectivity index (χ2n) is 8.43. The number of fused-ring (bicyclic) bond motifs is 1. The van der Waals surface area contributed by atoms with E-state index in [4.69, 9.17) is 26.4 Å². The second-order valence-corrected chi connectivity index (χ2v) is 12.1. The summed E-state index contributed by atoms with van der Waals surface area (Å²) in [6.45, 7) is 3.74. The number of halogens is 1.